The Hall–Kier alpha value is -1.99. The Balaban J connectivity index is 2.07. The van der Waals surface area contributed by atoms with Crippen LogP contribution in [0.15, 0.2) is 18.2 Å². The van der Waals surface area contributed by atoms with Gasteiger partial charge < -0.3 is 15.3 Å². The number of nitrogens with one attached hydrogen (secondary N) is 1. The fourth-order valence-electron chi connectivity index (χ4n) is 2.27. The third-order valence-corrected chi connectivity index (χ3v) is 3.43. The number of aliphatic hydroxyl groups excluding tert-OH is 1. The van der Waals surface area contributed by atoms with Crippen molar-refractivity contribution in [2.45, 2.75) is 26.2 Å². The third-order valence-electron chi connectivity index (χ3n) is 3.43. The van der Waals surface area contributed by atoms with Crippen molar-refractivity contribution in [2.24, 2.45) is 0 Å². The van der Waals surface area contributed by atoms with Crippen LogP contribution in [0.25, 0.3) is 0 Å². The number of rotatable bonds is 1. The van der Waals surface area contributed by atoms with Crippen molar-refractivity contribution in [1.29, 1.82) is 0 Å². The molecule has 2 rings (SSSR count). The molecule has 1 aliphatic rings. The lowest BCUT2D eigenvalue weighted by Gasteiger charge is -2.26. The van der Waals surface area contributed by atoms with Crippen LogP contribution in [0.5, 0.6) is 0 Å². The lowest BCUT2D eigenvalue weighted by molar-refractivity contribution is 0.200. The van der Waals surface area contributed by atoms with E-state index in [4.69, 9.17) is 5.11 Å². The van der Waals surface area contributed by atoms with E-state index in [2.05, 4.69) is 17.2 Å². The number of likely N-dealkylation sites (tertiary alicyclic amines) is 1. The quantitative estimate of drug-likeness (QED) is 0.771. The zero-order chi connectivity index (χ0) is 14.4. The first-order valence-electron chi connectivity index (χ1n) is 6.97. The van der Waals surface area contributed by atoms with E-state index < -0.39 is 0 Å². The SMILES string of the molecule is Cc1ccc(NC(=O)N2CCCCC2)cc1C#CCO. The maximum Gasteiger partial charge on any atom is 0.321 e. The van der Waals surface area contributed by atoms with Gasteiger partial charge in [-0.3, -0.25) is 0 Å². The topological polar surface area (TPSA) is 52.6 Å². The standard InChI is InChI=1S/C16H20N2O2/c1-13-7-8-15(12-14(13)6-5-11-19)17-16(20)18-9-3-2-4-10-18/h7-8,12,19H,2-4,9-11H2,1H3,(H,17,20). The molecule has 1 aromatic carbocycles. The molecule has 2 N–H and O–H groups in total. The molecule has 1 saturated heterocycles. The molecular formula is C16H20N2O2. The first kappa shape index (κ1) is 14.4. The van der Waals surface area contributed by atoms with E-state index in [1.54, 1.807) is 0 Å². The Morgan fingerprint density at radius 3 is 2.80 bits per heavy atom. The summed E-state index contributed by atoms with van der Waals surface area (Å²) in [5, 5.41) is 11.7. The average Bonchev–Trinajstić information content (AvgIpc) is 2.48. The van der Waals surface area contributed by atoms with Gasteiger partial charge in [-0.1, -0.05) is 17.9 Å². The van der Waals surface area contributed by atoms with Gasteiger partial charge in [0.1, 0.15) is 6.61 Å². The molecule has 0 radical (unpaired) electrons. The molecule has 0 bridgehead atoms. The highest BCUT2D eigenvalue weighted by Crippen LogP contribution is 2.16. The Labute approximate surface area is 119 Å². The second kappa shape index (κ2) is 6.97. The molecule has 1 fully saturated rings. The first-order valence-corrected chi connectivity index (χ1v) is 6.97. The first-order chi connectivity index (χ1) is 9.70. The number of aliphatic hydroxyl groups is 1. The highest BCUT2D eigenvalue weighted by molar-refractivity contribution is 5.89. The van der Waals surface area contributed by atoms with E-state index >= 15 is 0 Å². The number of carbonyl (C=O) groups is 1. The predicted octanol–water partition coefficient (Wildman–Crippen LogP) is 2.36. The van der Waals surface area contributed by atoms with E-state index in [0.717, 1.165) is 42.7 Å². The average molecular weight is 272 g/mol. The molecule has 0 aliphatic carbocycles. The molecule has 20 heavy (non-hydrogen) atoms. The lowest BCUT2D eigenvalue weighted by atomic mass is 10.1. The van der Waals surface area contributed by atoms with Crippen molar-refractivity contribution < 1.29 is 9.90 Å². The highest BCUT2D eigenvalue weighted by Gasteiger charge is 2.16. The summed E-state index contributed by atoms with van der Waals surface area (Å²) in [4.78, 5) is 14.0. The van der Waals surface area contributed by atoms with Gasteiger partial charge in [-0.15, -0.1) is 0 Å². The van der Waals surface area contributed by atoms with E-state index in [-0.39, 0.29) is 12.6 Å². The van der Waals surface area contributed by atoms with E-state index in [1.165, 1.54) is 6.42 Å². The van der Waals surface area contributed by atoms with Crippen LogP contribution in [0.3, 0.4) is 0 Å². The largest absolute Gasteiger partial charge is 0.384 e. The van der Waals surface area contributed by atoms with Gasteiger partial charge in [0.2, 0.25) is 0 Å². The molecule has 0 aromatic heterocycles. The van der Waals surface area contributed by atoms with E-state index in [1.807, 2.05) is 30.0 Å². The summed E-state index contributed by atoms with van der Waals surface area (Å²) in [7, 11) is 0. The second-order valence-electron chi connectivity index (χ2n) is 4.97. The van der Waals surface area contributed by atoms with Crippen LogP contribution in [0.1, 0.15) is 30.4 Å². The minimum Gasteiger partial charge on any atom is -0.384 e. The summed E-state index contributed by atoms with van der Waals surface area (Å²) in [6.45, 7) is 3.45. The number of carbonyl (C=O) groups excluding carboxylic acids is 1. The van der Waals surface area contributed by atoms with Gasteiger partial charge in [0.25, 0.3) is 0 Å². The third kappa shape index (κ3) is 3.75. The van der Waals surface area contributed by atoms with Crippen LogP contribution in [-0.4, -0.2) is 35.7 Å². The summed E-state index contributed by atoms with van der Waals surface area (Å²) < 4.78 is 0. The number of amides is 2. The van der Waals surface area contributed by atoms with Gasteiger partial charge >= 0.3 is 6.03 Å². The molecule has 4 heteroatoms. The van der Waals surface area contributed by atoms with Crippen molar-refractivity contribution in [1.82, 2.24) is 4.90 Å². The van der Waals surface area contributed by atoms with Crippen molar-refractivity contribution in [3.05, 3.63) is 29.3 Å². The number of hydrogen-bond donors (Lipinski definition) is 2. The molecule has 1 aliphatic heterocycles. The molecule has 0 saturated carbocycles. The monoisotopic (exact) mass is 272 g/mol. The smallest absolute Gasteiger partial charge is 0.321 e. The Morgan fingerprint density at radius 1 is 1.35 bits per heavy atom. The number of hydrogen-bond acceptors (Lipinski definition) is 2. The normalized spacial score (nSPS) is 14.4. The number of aryl methyl sites for hydroxylation is 1. The van der Waals surface area contributed by atoms with Gasteiger partial charge in [-0.05, 0) is 43.9 Å². The summed E-state index contributed by atoms with van der Waals surface area (Å²) in [5.74, 6) is 5.52. The minimum atomic E-state index is -0.163. The molecule has 1 aromatic rings. The zero-order valence-electron chi connectivity index (χ0n) is 11.8. The predicted molar refractivity (Wildman–Crippen MR) is 79.6 cm³/mol. The number of nitrogens with zero attached hydrogens (tertiary/aromatic N) is 1. The Bertz CT molecular complexity index is 537. The van der Waals surface area contributed by atoms with Gasteiger partial charge in [-0.25, -0.2) is 4.79 Å². The molecule has 0 unspecified atom stereocenters. The van der Waals surface area contributed by atoms with Crippen LogP contribution in [-0.2, 0) is 0 Å². The molecule has 4 nitrogen and oxygen atoms in total. The van der Waals surface area contributed by atoms with E-state index in [0.29, 0.717) is 0 Å². The Morgan fingerprint density at radius 2 is 2.10 bits per heavy atom. The van der Waals surface area contributed by atoms with Crippen molar-refractivity contribution >= 4 is 11.7 Å². The molecule has 0 atom stereocenters. The number of piperidine rings is 1. The Kier molecular flexibility index (Phi) is 5.03. The molecule has 2 amide bonds. The summed E-state index contributed by atoms with van der Waals surface area (Å²) >= 11 is 0. The van der Waals surface area contributed by atoms with Gasteiger partial charge in [0.15, 0.2) is 0 Å². The maximum absolute atomic E-state index is 12.1. The van der Waals surface area contributed by atoms with Crippen LogP contribution in [0.2, 0.25) is 0 Å². The molecule has 1 heterocycles. The van der Waals surface area contributed by atoms with Crippen molar-refractivity contribution in [3.8, 4) is 11.8 Å². The minimum absolute atomic E-state index is 0.0466. The summed E-state index contributed by atoms with van der Waals surface area (Å²) in [6.07, 6.45) is 3.36. The number of urea groups is 1. The summed E-state index contributed by atoms with van der Waals surface area (Å²) in [5.41, 5.74) is 2.60. The molecule has 106 valence electrons. The lowest BCUT2D eigenvalue weighted by Crippen LogP contribution is -2.38. The number of anilines is 1. The van der Waals surface area contributed by atoms with Crippen LogP contribution < -0.4 is 5.32 Å². The second-order valence-corrected chi connectivity index (χ2v) is 4.97. The van der Waals surface area contributed by atoms with Gasteiger partial charge in [0.05, 0.1) is 0 Å². The highest BCUT2D eigenvalue weighted by atomic mass is 16.2. The molecule has 0 spiro atoms. The van der Waals surface area contributed by atoms with Crippen molar-refractivity contribution in [2.75, 3.05) is 25.0 Å². The zero-order valence-corrected chi connectivity index (χ0v) is 11.8. The fourth-order valence-corrected chi connectivity index (χ4v) is 2.27. The van der Waals surface area contributed by atoms with Crippen LogP contribution in [0.4, 0.5) is 10.5 Å². The van der Waals surface area contributed by atoms with Crippen LogP contribution in [0, 0.1) is 18.8 Å². The molecular weight excluding hydrogens is 252 g/mol. The van der Waals surface area contributed by atoms with E-state index in [9.17, 15) is 4.79 Å². The summed E-state index contributed by atoms with van der Waals surface area (Å²) in [6, 6.07) is 5.60. The van der Waals surface area contributed by atoms with Gasteiger partial charge in [0, 0.05) is 24.3 Å². The van der Waals surface area contributed by atoms with Gasteiger partial charge in [-0.2, -0.15) is 0 Å². The van der Waals surface area contributed by atoms with Crippen molar-refractivity contribution in [3.63, 3.8) is 0 Å². The number of benzene rings is 1. The van der Waals surface area contributed by atoms with Crippen LogP contribution >= 0.6 is 0 Å². The maximum atomic E-state index is 12.1. The fraction of sp³-hybridized carbons (Fsp3) is 0.438.